The van der Waals surface area contributed by atoms with Gasteiger partial charge in [-0.2, -0.15) is 4.72 Å². The fourth-order valence-corrected chi connectivity index (χ4v) is 3.97. The lowest BCUT2D eigenvalue weighted by Gasteiger charge is -2.10. The summed E-state index contributed by atoms with van der Waals surface area (Å²) in [4.78, 5) is 35.4. The molecule has 27 heavy (non-hydrogen) atoms. The first kappa shape index (κ1) is 20.7. The van der Waals surface area contributed by atoms with E-state index in [1.807, 2.05) is 0 Å². The molecular formula is C17H18N2O6S2. The van der Waals surface area contributed by atoms with Crippen molar-refractivity contribution in [3.8, 4) is 0 Å². The first-order valence-electron chi connectivity index (χ1n) is 7.79. The summed E-state index contributed by atoms with van der Waals surface area (Å²) in [7, 11) is -3.90. The van der Waals surface area contributed by atoms with Crippen LogP contribution in [0, 0.1) is 13.8 Å². The highest BCUT2D eigenvalue weighted by Gasteiger charge is 2.19. The molecule has 2 amide bonds. The van der Waals surface area contributed by atoms with Crippen LogP contribution >= 0.6 is 11.3 Å². The zero-order valence-electron chi connectivity index (χ0n) is 14.6. The summed E-state index contributed by atoms with van der Waals surface area (Å²) in [6.45, 7) is 2.06. The van der Waals surface area contributed by atoms with E-state index in [0.29, 0.717) is 10.4 Å². The zero-order valence-corrected chi connectivity index (χ0v) is 16.3. The molecule has 0 saturated carbocycles. The molecule has 0 aliphatic rings. The fourth-order valence-electron chi connectivity index (χ4n) is 2.06. The Morgan fingerprint density at radius 1 is 1.15 bits per heavy atom. The van der Waals surface area contributed by atoms with Gasteiger partial charge in [-0.15, -0.1) is 11.3 Å². The lowest BCUT2D eigenvalue weighted by atomic mass is 10.2. The molecule has 0 aliphatic carbocycles. The number of hydrogen-bond acceptors (Lipinski definition) is 7. The van der Waals surface area contributed by atoms with Crippen LogP contribution in [0.5, 0.6) is 0 Å². The first-order chi connectivity index (χ1) is 12.7. The molecule has 0 atom stereocenters. The van der Waals surface area contributed by atoms with Crippen LogP contribution in [0.2, 0.25) is 0 Å². The molecular weight excluding hydrogens is 392 g/mol. The third kappa shape index (κ3) is 5.98. The second kappa shape index (κ2) is 8.89. The monoisotopic (exact) mass is 410 g/mol. The van der Waals surface area contributed by atoms with Gasteiger partial charge in [0.15, 0.2) is 6.61 Å². The van der Waals surface area contributed by atoms with Crippen molar-refractivity contribution in [1.82, 2.24) is 10.0 Å². The molecule has 8 nitrogen and oxygen atoms in total. The quantitative estimate of drug-likeness (QED) is 0.661. The predicted octanol–water partition coefficient (Wildman–Crippen LogP) is 1.14. The van der Waals surface area contributed by atoms with Crippen molar-refractivity contribution in [1.29, 1.82) is 0 Å². The van der Waals surface area contributed by atoms with Crippen LogP contribution in [-0.4, -0.2) is 39.4 Å². The molecule has 2 aromatic rings. The molecule has 1 aromatic heterocycles. The van der Waals surface area contributed by atoms with Gasteiger partial charge in [0.1, 0.15) is 6.54 Å². The number of thiophene rings is 1. The van der Waals surface area contributed by atoms with Crippen molar-refractivity contribution < 1.29 is 27.5 Å². The maximum atomic E-state index is 12.3. The average Bonchev–Trinajstić information content (AvgIpc) is 3.15. The van der Waals surface area contributed by atoms with Crippen LogP contribution in [0.4, 0.5) is 0 Å². The van der Waals surface area contributed by atoms with Gasteiger partial charge in [0.25, 0.3) is 11.8 Å². The van der Waals surface area contributed by atoms with Gasteiger partial charge < -0.3 is 4.74 Å². The highest BCUT2D eigenvalue weighted by atomic mass is 32.2. The molecule has 0 saturated heterocycles. The summed E-state index contributed by atoms with van der Waals surface area (Å²) in [6, 6.07) is 8.13. The van der Waals surface area contributed by atoms with E-state index in [1.165, 1.54) is 6.07 Å². The summed E-state index contributed by atoms with van der Waals surface area (Å²) in [5, 5.41) is 3.75. The van der Waals surface area contributed by atoms with Crippen LogP contribution in [0.1, 0.15) is 20.8 Å². The highest BCUT2D eigenvalue weighted by Crippen LogP contribution is 2.16. The number of amides is 2. The normalized spacial score (nSPS) is 11.0. The van der Waals surface area contributed by atoms with E-state index in [1.54, 1.807) is 43.5 Å². The van der Waals surface area contributed by atoms with E-state index in [4.69, 9.17) is 0 Å². The van der Waals surface area contributed by atoms with Crippen molar-refractivity contribution in [2.45, 2.75) is 18.7 Å². The number of esters is 1. The number of sulfonamides is 1. The Bertz CT molecular complexity index is 952. The average molecular weight is 410 g/mol. The molecule has 10 heteroatoms. The number of rotatable bonds is 7. The lowest BCUT2D eigenvalue weighted by Crippen LogP contribution is -2.36. The van der Waals surface area contributed by atoms with Gasteiger partial charge >= 0.3 is 5.97 Å². The molecule has 2 N–H and O–H groups in total. The Hall–Kier alpha value is -2.56. The smallest absolute Gasteiger partial charge is 0.321 e. The lowest BCUT2D eigenvalue weighted by molar-refractivity contribution is -0.147. The number of carbonyl (C=O) groups is 3. The van der Waals surface area contributed by atoms with Crippen LogP contribution in [0.3, 0.4) is 0 Å². The summed E-state index contributed by atoms with van der Waals surface area (Å²) in [5.41, 5.74) is 1.29. The Balaban J connectivity index is 1.82. The molecule has 0 unspecified atom stereocenters. The van der Waals surface area contributed by atoms with E-state index >= 15 is 0 Å². The number of aryl methyl sites for hydroxylation is 2. The molecule has 0 bridgehead atoms. The van der Waals surface area contributed by atoms with Crippen molar-refractivity contribution in [3.63, 3.8) is 0 Å². The van der Waals surface area contributed by atoms with Gasteiger partial charge in [-0.3, -0.25) is 19.7 Å². The molecule has 0 radical (unpaired) electrons. The third-order valence-corrected chi connectivity index (χ3v) is 5.81. The fraction of sp³-hybridized carbons (Fsp3) is 0.235. The minimum absolute atomic E-state index is 0.0644. The Morgan fingerprint density at radius 2 is 1.89 bits per heavy atom. The van der Waals surface area contributed by atoms with Crippen LogP contribution in [0.15, 0.2) is 40.6 Å². The highest BCUT2D eigenvalue weighted by molar-refractivity contribution is 7.89. The number of ether oxygens (including phenoxy) is 1. The van der Waals surface area contributed by atoms with E-state index in [2.05, 4.69) is 14.8 Å². The van der Waals surface area contributed by atoms with Crippen molar-refractivity contribution in [2.75, 3.05) is 13.2 Å². The minimum Gasteiger partial charge on any atom is -0.455 e. The van der Waals surface area contributed by atoms with Crippen molar-refractivity contribution >= 4 is 39.1 Å². The van der Waals surface area contributed by atoms with E-state index in [-0.39, 0.29) is 4.90 Å². The molecule has 1 heterocycles. The van der Waals surface area contributed by atoms with Crippen LogP contribution in [-0.2, 0) is 24.3 Å². The maximum absolute atomic E-state index is 12.3. The maximum Gasteiger partial charge on any atom is 0.321 e. The van der Waals surface area contributed by atoms with Gasteiger partial charge in [-0.1, -0.05) is 18.2 Å². The molecule has 2 rings (SSSR count). The third-order valence-electron chi connectivity index (χ3n) is 3.40. The van der Waals surface area contributed by atoms with Crippen LogP contribution in [0.25, 0.3) is 0 Å². The SMILES string of the molecule is Cc1ccc(C)c(S(=O)(=O)NCC(=O)OCC(=O)NC(=O)c2cccs2)c1. The van der Waals surface area contributed by atoms with Gasteiger partial charge in [0, 0.05) is 0 Å². The standard InChI is InChI=1S/C17H18N2O6S2/c1-11-5-6-12(2)14(8-11)27(23,24)18-9-16(21)25-10-15(20)19-17(22)13-4-3-7-26-13/h3-8,18H,9-10H2,1-2H3,(H,19,20,22). The van der Waals surface area contributed by atoms with E-state index < -0.39 is 41.0 Å². The molecule has 0 fully saturated rings. The summed E-state index contributed by atoms with van der Waals surface area (Å²) < 4.78 is 31.4. The summed E-state index contributed by atoms with van der Waals surface area (Å²) >= 11 is 1.16. The number of nitrogens with one attached hydrogen (secondary N) is 2. The Kier molecular flexibility index (Phi) is 6.83. The molecule has 0 aliphatic heterocycles. The predicted molar refractivity (Wildman–Crippen MR) is 98.9 cm³/mol. The molecule has 1 aromatic carbocycles. The van der Waals surface area contributed by atoms with Gasteiger partial charge in [0.05, 0.1) is 9.77 Å². The zero-order chi connectivity index (χ0) is 20.0. The van der Waals surface area contributed by atoms with E-state index in [9.17, 15) is 22.8 Å². The molecule has 0 spiro atoms. The summed E-state index contributed by atoms with van der Waals surface area (Å²) in [5.74, 6) is -2.34. The second-order valence-corrected chi connectivity index (χ2v) is 8.29. The van der Waals surface area contributed by atoms with Crippen LogP contribution < -0.4 is 10.0 Å². The van der Waals surface area contributed by atoms with Gasteiger partial charge in [-0.25, -0.2) is 8.42 Å². The number of carbonyl (C=O) groups excluding carboxylic acids is 3. The molecule has 144 valence electrons. The number of imide groups is 1. The van der Waals surface area contributed by atoms with Gasteiger partial charge in [0.2, 0.25) is 10.0 Å². The topological polar surface area (TPSA) is 119 Å². The number of benzene rings is 1. The Labute approximate surface area is 160 Å². The van der Waals surface area contributed by atoms with Crippen molar-refractivity contribution in [2.24, 2.45) is 0 Å². The summed E-state index contributed by atoms with van der Waals surface area (Å²) in [6.07, 6.45) is 0. The first-order valence-corrected chi connectivity index (χ1v) is 10.2. The van der Waals surface area contributed by atoms with Gasteiger partial charge in [-0.05, 0) is 42.5 Å². The Morgan fingerprint density at radius 3 is 2.56 bits per heavy atom. The second-order valence-electron chi connectivity index (χ2n) is 5.61. The van der Waals surface area contributed by atoms with Crippen molar-refractivity contribution in [3.05, 3.63) is 51.7 Å². The number of hydrogen-bond donors (Lipinski definition) is 2. The van der Waals surface area contributed by atoms with E-state index in [0.717, 1.165) is 16.9 Å². The minimum atomic E-state index is -3.90. The largest absolute Gasteiger partial charge is 0.455 e.